The normalized spacial score (nSPS) is 19.7. The predicted molar refractivity (Wildman–Crippen MR) is 76.0 cm³/mol. The highest BCUT2D eigenvalue weighted by molar-refractivity contribution is 5.75. The molecule has 1 aromatic rings. The Labute approximate surface area is 115 Å². The molecule has 1 aromatic heterocycles. The average molecular weight is 263 g/mol. The number of amides is 1. The third-order valence-corrected chi connectivity index (χ3v) is 3.94. The van der Waals surface area contributed by atoms with E-state index in [1.165, 1.54) is 18.7 Å². The first kappa shape index (κ1) is 14.1. The number of hydrogen-bond acceptors (Lipinski definition) is 2. The standard InChI is InChI=1S/C15H25N3O/c1-3-5-9-17-11-8-16-15(17)13-7-6-10-18(12-13)14(19)4-2/h8,11,13H,3-7,9-10,12H2,1-2H3. The van der Waals surface area contributed by atoms with Crippen LogP contribution in [0.25, 0.3) is 0 Å². The summed E-state index contributed by atoms with van der Waals surface area (Å²) in [5.74, 6) is 1.86. The largest absolute Gasteiger partial charge is 0.342 e. The van der Waals surface area contributed by atoms with Crippen LogP contribution in [-0.4, -0.2) is 33.4 Å². The van der Waals surface area contributed by atoms with Crippen LogP contribution in [0.15, 0.2) is 12.4 Å². The molecule has 1 aliphatic heterocycles. The minimum Gasteiger partial charge on any atom is -0.342 e. The molecule has 19 heavy (non-hydrogen) atoms. The molecule has 0 aliphatic carbocycles. The van der Waals surface area contributed by atoms with Gasteiger partial charge in [-0.3, -0.25) is 4.79 Å². The van der Waals surface area contributed by atoms with Crippen LogP contribution in [0, 0.1) is 0 Å². The molecule has 4 nitrogen and oxygen atoms in total. The molecule has 1 aliphatic rings. The van der Waals surface area contributed by atoms with E-state index in [1.54, 1.807) is 0 Å². The van der Waals surface area contributed by atoms with Gasteiger partial charge in [0.1, 0.15) is 5.82 Å². The highest BCUT2D eigenvalue weighted by Gasteiger charge is 2.26. The molecule has 106 valence electrons. The van der Waals surface area contributed by atoms with Crippen molar-refractivity contribution in [3.05, 3.63) is 18.2 Å². The van der Waals surface area contributed by atoms with Crippen molar-refractivity contribution in [1.29, 1.82) is 0 Å². The van der Waals surface area contributed by atoms with Gasteiger partial charge in [-0.2, -0.15) is 0 Å². The van der Waals surface area contributed by atoms with Gasteiger partial charge in [0.25, 0.3) is 0 Å². The Morgan fingerprint density at radius 1 is 1.47 bits per heavy atom. The van der Waals surface area contributed by atoms with E-state index >= 15 is 0 Å². The summed E-state index contributed by atoms with van der Waals surface area (Å²) < 4.78 is 2.27. The van der Waals surface area contributed by atoms with Gasteiger partial charge in [0.15, 0.2) is 0 Å². The van der Waals surface area contributed by atoms with E-state index in [9.17, 15) is 4.79 Å². The SMILES string of the molecule is CCCCn1ccnc1C1CCCN(C(=O)CC)C1. The van der Waals surface area contributed by atoms with Crippen molar-refractivity contribution in [2.24, 2.45) is 0 Å². The van der Waals surface area contributed by atoms with Crippen LogP contribution < -0.4 is 0 Å². The third kappa shape index (κ3) is 3.37. The fourth-order valence-electron chi connectivity index (χ4n) is 2.84. The molecule has 0 N–H and O–H groups in total. The first-order chi connectivity index (χ1) is 9.26. The van der Waals surface area contributed by atoms with E-state index in [1.807, 2.05) is 18.0 Å². The maximum absolute atomic E-state index is 11.8. The lowest BCUT2D eigenvalue weighted by Gasteiger charge is -2.32. The minimum absolute atomic E-state index is 0.274. The number of aryl methyl sites for hydroxylation is 1. The smallest absolute Gasteiger partial charge is 0.222 e. The number of unbranched alkanes of at least 4 members (excludes halogenated alkanes) is 1. The molecule has 0 bridgehead atoms. The van der Waals surface area contributed by atoms with Crippen molar-refractivity contribution >= 4 is 5.91 Å². The van der Waals surface area contributed by atoms with Crippen molar-refractivity contribution in [3.8, 4) is 0 Å². The summed E-state index contributed by atoms with van der Waals surface area (Å²) in [4.78, 5) is 18.4. The summed E-state index contributed by atoms with van der Waals surface area (Å²) in [5.41, 5.74) is 0. The molecule has 0 spiro atoms. The second-order valence-electron chi connectivity index (χ2n) is 5.36. The van der Waals surface area contributed by atoms with Crippen LogP contribution in [0.5, 0.6) is 0 Å². The molecular formula is C15H25N3O. The molecule has 0 radical (unpaired) electrons. The summed E-state index contributed by atoms with van der Waals surface area (Å²) in [7, 11) is 0. The predicted octanol–water partition coefficient (Wildman–Crippen LogP) is 2.80. The van der Waals surface area contributed by atoms with Crippen LogP contribution in [0.2, 0.25) is 0 Å². The molecule has 0 saturated carbocycles. The van der Waals surface area contributed by atoms with E-state index in [0.29, 0.717) is 12.3 Å². The van der Waals surface area contributed by atoms with Crippen LogP contribution in [-0.2, 0) is 11.3 Å². The fourth-order valence-corrected chi connectivity index (χ4v) is 2.84. The second kappa shape index (κ2) is 6.73. The van der Waals surface area contributed by atoms with Gasteiger partial charge in [-0.1, -0.05) is 20.3 Å². The van der Waals surface area contributed by atoms with E-state index < -0.39 is 0 Å². The lowest BCUT2D eigenvalue weighted by molar-refractivity contribution is -0.132. The van der Waals surface area contributed by atoms with Gasteiger partial charge in [-0.25, -0.2) is 4.98 Å². The fraction of sp³-hybridized carbons (Fsp3) is 0.733. The quantitative estimate of drug-likeness (QED) is 0.819. The van der Waals surface area contributed by atoms with Crippen LogP contribution in [0.3, 0.4) is 0 Å². The van der Waals surface area contributed by atoms with Gasteiger partial charge in [0.05, 0.1) is 0 Å². The Kier molecular flexibility index (Phi) is 5.00. The average Bonchev–Trinajstić information content (AvgIpc) is 2.92. The lowest BCUT2D eigenvalue weighted by atomic mass is 9.97. The zero-order valence-electron chi connectivity index (χ0n) is 12.1. The number of imidazole rings is 1. The molecule has 1 unspecified atom stereocenters. The van der Waals surface area contributed by atoms with Gasteiger partial charge in [-0.05, 0) is 19.3 Å². The first-order valence-corrected chi connectivity index (χ1v) is 7.55. The van der Waals surface area contributed by atoms with E-state index in [0.717, 1.165) is 32.5 Å². The summed E-state index contributed by atoms with van der Waals surface area (Å²) in [6, 6.07) is 0. The molecule has 4 heteroatoms. The summed E-state index contributed by atoms with van der Waals surface area (Å²) in [5, 5.41) is 0. The number of aromatic nitrogens is 2. The highest BCUT2D eigenvalue weighted by atomic mass is 16.2. The number of piperidine rings is 1. The van der Waals surface area contributed by atoms with Crippen LogP contribution >= 0.6 is 0 Å². The molecular weight excluding hydrogens is 238 g/mol. The van der Waals surface area contributed by atoms with Gasteiger partial charge in [0, 0.05) is 44.4 Å². The number of nitrogens with zero attached hydrogens (tertiary/aromatic N) is 3. The number of carbonyl (C=O) groups excluding carboxylic acids is 1. The van der Waals surface area contributed by atoms with Gasteiger partial charge < -0.3 is 9.47 Å². The molecule has 1 saturated heterocycles. The first-order valence-electron chi connectivity index (χ1n) is 7.55. The van der Waals surface area contributed by atoms with Crippen molar-refractivity contribution in [2.75, 3.05) is 13.1 Å². The molecule has 1 fully saturated rings. The Morgan fingerprint density at radius 2 is 2.32 bits per heavy atom. The number of hydrogen-bond donors (Lipinski definition) is 0. The van der Waals surface area contributed by atoms with Gasteiger partial charge >= 0.3 is 0 Å². The minimum atomic E-state index is 0.274. The number of rotatable bonds is 5. The van der Waals surface area contributed by atoms with Crippen LogP contribution in [0.4, 0.5) is 0 Å². The Balaban J connectivity index is 2.04. The molecule has 0 aromatic carbocycles. The van der Waals surface area contributed by atoms with Crippen molar-refractivity contribution in [3.63, 3.8) is 0 Å². The maximum atomic E-state index is 11.8. The third-order valence-electron chi connectivity index (χ3n) is 3.94. The number of carbonyl (C=O) groups is 1. The number of likely N-dealkylation sites (tertiary alicyclic amines) is 1. The zero-order chi connectivity index (χ0) is 13.7. The summed E-state index contributed by atoms with van der Waals surface area (Å²) >= 11 is 0. The van der Waals surface area contributed by atoms with E-state index in [2.05, 4.69) is 22.7 Å². The van der Waals surface area contributed by atoms with Gasteiger partial charge in [0.2, 0.25) is 5.91 Å². The highest BCUT2D eigenvalue weighted by Crippen LogP contribution is 2.26. The lowest BCUT2D eigenvalue weighted by Crippen LogP contribution is -2.39. The van der Waals surface area contributed by atoms with E-state index in [4.69, 9.17) is 0 Å². The van der Waals surface area contributed by atoms with Crippen molar-refractivity contribution in [1.82, 2.24) is 14.5 Å². The Hall–Kier alpha value is -1.32. The Morgan fingerprint density at radius 3 is 3.05 bits per heavy atom. The summed E-state index contributed by atoms with van der Waals surface area (Å²) in [6.07, 6.45) is 9.21. The molecule has 2 rings (SSSR count). The Bertz CT molecular complexity index is 413. The monoisotopic (exact) mass is 263 g/mol. The van der Waals surface area contributed by atoms with E-state index in [-0.39, 0.29) is 5.91 Å². The zero-order valence-corrected chi connectivity index (χ0v) is 12.1. The topological polar surface area (TPSA) is 38.1 Å². The summed E-state index contributed by atoms with van der Waals surface area (Å²) in [6.45, 7) is 6.95. The molecule has 2 heterocycles. The molecule has 1 amide bonds. The molecule has 1 atom stereocenters. The maximum Gasteiger partial charge on any atom is 0.222 e. The van der Waals surface area contributed by atoms with Gasteiger partial charge in [-0.15, -0.1) is 0 Å². The second-order valence-corrected chi connectivity index (χ2v) is 5.36. The van der Waals surface area contributed by atoms with Crippen LogP contribution in [0.1, 0.15) is 57.7 Å². The van der Waals surface area contributed by atoms with Crippen molar-refractivity contribution < 1.29 is 4.79 Å². The van der Waals surface area contributed by atoms with Crippen molar-refractivity contribution in [2.45, 2.75) is 58.4 Å².